The first-order chi connectivity index (χ1) is 8.22. The van der Waals surface area contributed by atoms with E-state index in [1.807, 2.05) is 6.92 Å². The van der Waals surface area contributed by atoms with Crippen molar-refractivity contribution in [1.82, 2.24) is 15.0 Å². The number of aromatic nitrogens is 3. The van der Waals surface area contributed by atoms with Crippen LogP contribution in [0.5, 0.6) is 6.01 Å². The molecule has 0 saturated heterocycles. The van der Waals surface area contributed by atoms with Gasteiger partial charge in [-0.25, -0.2) is 0 Å². The van der Waals surface area contributed by atoms with Crippen molar-refractivity contribution >= 4 is 17.5 Å². The number of nitrogens with zero attached hydrogens (tertiary/aromatic N) is 4. The van der Waals surface area contributed by atoms with Gasteiger partial charge in [0.25, 0.3) is 0 Å². The fraction of sp³-hybridized carbons (Fsp3) is 0.727. The topological polar surface area (TPSA) is 51.1 Å². The molecule has 0 N–H and O–H groups in total. The van der Waals surface area contributed by atoms with E-state index in [-0.39, 0.29) is 5.28 Å². The van der Waals surface area contributed by atoms with E-state index >= 15 is 0 Å². The Morgan fingerprint density at radius 1 is 1.29 bits per heavy atom. The smallest absolute Gasteiger partial charge is 0.322 e. The van der Waals surface area contributed by atoms with Crippen LogP contribution in [0.2, 0.25) is 5.28 Å². The summed E-state index contributed by atoms with van der Waals surface area (Å²) >= 11 is 5.87. The molecule has 1 heterocycles. The SMILES string of the molecule is CCOc1nc(Cl)nc(N(CC)CC2CC2)n1. The summed E-state index contributed by atoms with van der Waals surface area (Å²) in [5, 5.41) is 0.188. The maximum absolute atomic E-state index is 5.87. The third-order valence-corrected chi connectivity index (χ3v) is 2.86. The van der Waals surface area contributed by atoms with Crippen LogP contribution in [0.1, 0.15) is 26.7 Å². The highest BCUT2D eigenvalue weighted by atomic mass is 35.5. The van der Waals surface area contributed by atoms with Gasteiger partial charge >= 0.3 is 6.01 Å². The van der Waals surface area contributed by atoms with E-state index in [1.54, 1.807) is 0 Å². The van der Waals surface area contributed by atoms with E-state index in [9.17, 15) is 0 Å². The molecule has 0 spiro atoms. The molecule has 1 aliphatic rings. The molecule has 1 aromatic heterocycles. The van der Waals surface area contributed by atoms with E-state index < -0.39 is 0 Å². The van der Waals surface area contributed by atoms with Crippen LogP contribution in [0.3, 0.4) is 0 Å². The van der Waals surface area contributed by atoms with Crippen LogP contribution in [-0.4, -0.2) is 34.6 Å². The van der Waals surface area contributed by atoms with Crippen LogP contribution in [0.15, 0.2) is 0 Å². The molecule has 2 rings (SSSR count). The van der Waals surface area contributed by atoms with E-state index in [0.717, 1.165) is 19.0 Å². The molecule has 0 unspecified atom stereocenters. The lowest BCUT2D eigenvalue weighted by Crippen LogP contribution is -2.27. The lowest BCUT2D eigenvalue weighted by atomic mass is 10.4. The maximum atomic E-state index is 5.87. The highest BCUT2D eigenvalue weighted by Gasteiger charge is 2.25. The van der Waals surface area contributed by atoms with Crippen LogP contribution in [0.25, 0.3) is 0 Å². The zero-order valence-electron chi connectivity index (χ0n) is 10.2. The molecule has 1 aliphatic carbocycles. The standard InChI is InChI=1S/C11H17ClN4O/c1-3-16(7-8-5-6-8)10-13-9(12)14-11(15-10)17-4-2/h8H,3-7H2,1-2H3. The molecular weight excluding hydrogens is 240 g/mol. The van der Waals surface area contributed by atoms with Gasteiger partial charge in [0.2, 0.25) is 11.2 Å². The molecule has 17 heavy (non-hydrogen) atoms. The summed E-state index contributed by atoms with van der Waals surface area (Å²) in [5.41, 5.74) is 0. The molecule has 5 nitrogen and oxygen atoms in total. The molecular formula is C11H17ClN4O. The van der Waals surface area contributed by atoms with Gasteiger partial charge in [-0.05, 0) is 44.2 Å². The third kappa shape index (κ3) is 3.43. The Morgan fingerprint density at radius 3 is 2.65 bits per heavy atom. The highest BCUT2D eigenvalue weighted by molar-refractivity contribution is 6.28. The summed E-state index contributed by atoms with van der Waals surface area (Å²) in [6.07, 6.45) is 2.60. The average Bonchev–Trinajstić information content (AvgIpc) is 3.09. The van der Waals surface area contributed by atoms with Crippen LogP contribution >= 0.6 is 11.6 Å². The van der Waals surface area contributed by atoms with Gasteiger partial charge in [-0.15, -0.1) is 0 Å². The van der Waals surface area contributed by atoms with Crippen molar-refractivity contribution in [3.05, 3.63) is 5.28 Å². The van der Waals surface area contributed by atoms with Crippen molar-refractivity contribution in [1.29, 1.82) is 0 Å². The predicted molar refractivity (Wildman–Crippen MR) is 66.6 cm³/mol. The van der Waals surface area contributed by atoms with Crippen molar-refractivity contribution in [3.63, 3.8) is 0 Å². The minimum Gasteiger partial charge on any atom is -0.464 e. The monoisotopic (exact) mass is 256 g/mol. The largest absolute Gasteiger partial charge is 0.464 e. The Labute approximate surface area is 106 Å². The molecule has 1 fully saturated rings. The fourth-order valence-electron chi connectivity index (χ4n) is 1.62. The Morgan fingerprint density at radius 2 is 2.06 bits per heavy atom. The summed E-state index contributed by atoms with van der Waals surface area (Å²) < 4.78 is 5.27. The van der Waals surface area contributed by atoms with E-state index in [2.05, 4.69) is 26.8 Å². The number of ether oxygens (including phenoxy) is 1. The van der Waals surface area contributed by atoms with Crippen LogP contribution in [-0.2, 0) is 0 Å². The maximum Gasteiger partial charge on any atom is 0.322 e. The highest BCUT2D eigenvalue weighted by Crippen LogP contribution is 2.30. The van der Waals surface area contributed by atoms with E-state index in [4.69, 9.17) is 16.3 Å². The first-order valence-corrected chi connectivity index (χ1v) is 6.40. The summed E-state index contributed by atoms with van der Waals surface area (Å²) in [4.78, 5) is 14.5. The first kappa shape index (κ1) is 12.4. The second kappa shape index (κ2) is 5.49. The summed E-state index contributed by atoms with van der Waals surface area (Å²) in [7, 11) is 0. The van der Waals surface area contributed by atoms with Gasteiger partial charge in [-0.2, -0.15) is 15.0 Å². The van der Waals surface area contributed by atoms with Crippen LogP contribution in [0.4, 0.5) is 5.95 Å². The third-order valence-electron chi connectivity index (χ3n) is 2.69. The summed E-state index contributed by atoms with van der Waals surface area (Å²) in [6.45, 7) is 6.35. The number of halogens is 1. The second-order valence-corrected chi connectivity index (χ2v) is 4.44. The van der Waals surface area contributed by atoms with Crippen LogP contribution in [0, 0.1) is 5.92 Å². The van der Waals surface area contributed by atoms with Gasteiger partial charge < -0.3 is 9.64 Å². The molecule has 6 heteroatoms. The molecule has 0 bridgehead atoms. The molecule has 0 amide bonds. The molecule has 1 aromatic rings. The van der Waals surface area contributed by atoms with Gasteiger partial charge in [0.15, 0.2) is 0 Å². The molecule has 0 aromatic carbocycles. The number of hydrogen-bond acceptors (Lipinski definition) is 5. The van der Waals surface area contributed by atoms with Gasteiger partial charge in [0.05, 0.1) is 6.61 Å². The Balaban J connectivity index is 2.15. The number of hydrogen-bond donors (Lipinski definition) is 0. The second-order valence-electron chi connectivity index (χ2n) is 4.10. The minimum atomic E-state index is 0.188. The molecule has 0 radical (unpaired) electrons. The predicted octanol–water partition coefficient (Wildman–Crippen LogP) is 2.16. The Bertz CT molecular complexity index is 384. The summed E-state index contributed by atoms with van der Waals surface area (Å²) in [6, 6.07) is 0.303. The molecule has 1 saturated carbocycles. The van der Waals surface area contributed by atoms with E-state index in [0.29, 0.717) is 18.6 Å². The fourth-order valence-corrected chi connectivity index (χ4v) is 1.77. The lowest BCUT2D eigenvalue weighted by molar-refractivity contribution is 0.311. The van der Waals surface area contributed by atoms with Gasteiger partial charge in [-0.3, -0.25) is 0 Å². The average molecular weight is 257 g/mol. The molecule has 0 aliphatic heterocycles. The van der Waals surface area contributed by atoms with E-state index in [1.165, 1.54) is 12.8 Å². The minimum absolute atomic E-state index is 0.188. The van der Waals surface area contributed by atoms with Crippen molar-refractivity contribution in [3.8, 4) is 6.01 Å². The van der Waals surface area contributed by atoms with Crippen molar-refractivity contribution < 1.29 is 4.74 Å². The molecule has 94 valence electrons. The quantitative estimate of drug-likeness (QED) is 0.781. The zero-order valence-corrected chi connectivity index (χ0v) is 10.9. The van der Waals surface area contributed by atoms with Gasteiger partial charge in [-0.1, -0.05) is 0 Å². The number of rotatable bonds is 6. The zero-order chi connectivity index (χ0) is 12.3. The van der Waals surface area contributed by atoms with Crippen LogP contribution < -0.4 is 9.64 Å². The number of anilines is 1. The van der Waals surface area contributed by atoms with Crippen molar-refractivity contribution in [2.24, 2.45) is 5.92 Å². The molecule has 0 atom stereocenters. The van der Waals surface area contributed by atoms with Crippen molar-refractivity contribution in [2.75, 3.05) is 24.6 Å². The Kier molecular flexibility index (Phi) is 3.99. The first-order valence-electron chi connectivity index (χ1n) is 6.02. The summed E-state index contributed by atoms with van der Waals surface area (Å²) in [5.74, 6) is 1.39. The normalized spacial score (nSPS) is 14.8. The Hall–Kier alpha value is -1.10. The van der Waals surface area contributed by atoms with Gasteiger partial charge in [0, 0.05) is 13.1 Å². The van der Waals surface area contributed by atoms with Crippen molar-refractivity contribution in [2.45, 2.75) is 26.7 Å². The lowest BCUT2D eigenvalue weighted by Gasteiger charge is -2.20. The van der Waals surface area contributed by atoms with Gasteiger partial charge in [0.1, 0.15) is 0 Å².